The Kier molecular flexibility index (Phi) is 6.05. The molecule has 5 nitrogen and oxygen atoms in total. The number of amides is 1. The summed E-state index contributed by atoms with van der Waals surface area (Å²) in [7, 11) is 3.55. The summed E-state index contributed by atoms with van der Waals surface area (Å²) in [6, 6.07) is -0.0753. The first-order valence-corrected chi connectivity index (χ1v) is 6.66. The van der Waals surface area contributed by atoms with Crippen LogP contribution >= 0.6 is 0 Å². The van der Waals surface area contributed by atoms with E-state index in [0.717, 1.165) is 19.4 Å². The Morgan fingerprint density at radius 2 is 2.17 bits per heavy atom. The number of β-amino-alcohol motifs (C(OH)–C–C–N with tert-alkyl or cyclic N) is 1. The number of hydrogen-bond acceptors (Lipinski definition) is 4. The number of carbonyl (C=O) groups is 1. The van der Waals surface area contributed by atoms with Gasteiger partial charge in [0.15, 0.2) is 0 Å². The molecule has 0 aliphatic carbocycles. The molecule has 0 radical (unpaired) electrons. The summed E-state index contributed by atoms with van der Waals surface area (Å²) in [5, 5.41) is 9.91. The highest BCUT2D eigenvalue weighted by atomic mass is 16.5. The van der Waals surface area contributed by atoms with E-state index in [2.05, 4.69) is 4.90 Å². The van der Waals surface area contributed by atoms with Gasteiger partial charge in [0.2, 0.25) is 5.91 Å². The van der Waals surface area contributed by atoms with Crippen molar-refractivity contribution in [2.24, 2.45) is 0 Å². The molecule has 1 fully saturated rings. The van der Waals surface area contributed by atoms with E-state index >= 15 is 0 Å². The Balaban J connectivity index is 2.42. The van der Waals surface area contributed by atoms with Crippen molar-refractivity contribution >= 4 is 5.91 Å². The highest BCUT2D eigenvalue weighted by molar-refractivity contribution is 5.81. The maximum Gasteiger partial charge on any atom is 0.239 e. The maximum atomic E-state index is 12.0. The summed E-state index contributed by atoms with van der Waals surface area (Å²) < 4.78 is 5.39. The normalized spacial score (nSPS) is 22.4. The summed E-state index contributed by atoms with van der Waals surface area (Å²) in [4.78, 5) is 15.7. The van der Waals surface area contributed by atoms with Crippen molar-refractivity contribution in [2.75, 3.05) is 33.8 Å². The van der Waals surface area contributed by atoms with Crippen LogP contribution in [0.2, 0.25) is 0 Å². The molecule has 1 N–H and O–H groups in total. The van der Waals surface area contributed by atoms with E-state index in [9.17, 15) is 9.90 Å². The van der Waals surface area contributed by atoms with Gasteiger partial charge in [-0.2, -0.15) is 0 Å². The standard InChI is InChI=1S/C13H26N2O3/c1-10(2)18-9-11(16)8-15-7-5-6-12(15)13(17)14(3)4/h10-12,16H,5-9H2,1-4H3. The molecule has 0 spiro atoms. The highest BCUT2D eigenvalue weighted by Crippen LogP contribution is 2.19. The van der Waals surface area contributed by atoms with E-state index in [1.807, 2.05) is 13.8 Å². The lowest BCUT2D eigenvalue weighted by atomic mass is 10.2. The molecule has 0 aromatic heterocycles. The largest absolute Gasteiger partial charge is 0.389 e. The lowest BCUT2D eigenvalue weighted by molar-refractivity contribution is -0.134. The number of nitrogens with zero attached hydrogens (tertiary/aromatic N) is 2. The first-order valence-electron chi connectivity index (χ1n) is 6.66. The summed E-state index contributed by atoms with van der Waals surface area (Å²) in [5.41, 5.74) is 0. The number of rotatable bonds is 6. The Morgan fingerprint density at radius 3 is 2.72 bits per heavy atom. The third-order valence-electron chi connectivity index (χ3n) is 3.16. The summed E-state index contributed by atoms with van der Waals surface area (Å²) in [5.74, 6) is 0.129. The number of likely N-dealkylation sites (tertiary alicyclic amines) is 1. The molecule has 1 aliphatic heterocycles. The van der Waals surface area contributed by atoms with E-state index in [4.69, 9.17) is 4.74 Å². The Morgan fingerprint density at radius 1 is 1.50 bits per heavy atom. The van der Waals surface area contributed by atoms with Gasteiger partial charge in [-0.05, 0) is 33.2 Å². The van der Waals surface area contributed by atoms with Crippen molar-refractivity contribution in [3.63, 3.8) is 0 Å². The molecular weight excluding hydrogens is 232 g/mol. The molecule has 2 unspecified atom stereocenters. The molecule has 1 rings (SSSR count). The van der Waals surface area contributed by atoms with Crippen molar-refractivity contribution in [2.45, 2.75) is 44.9 Å². The average molecular weight is 258 g/mol. The van der Waals surface area contributed by atoms with Crippen molar-refractivity contribution in [3.8, 4) is 0 Å². The second-order valence-electron chi connectivity index (χ2n) is 5.42. The fourth-order valence-electron chi connectivity index (χ4n) is 2.25. The number of ether oxygens (including phenoxy) is 1. The van der Waals surface area contributed by atoms with Crippen LogP contribution in [0.15, 0.2) is 0 Å². The van der Waals surface area contributed by atoms with E-state index < -0.39 is 6.10 Å². The minimum Gasteiger partial charge on any atom is -0.389 e. The van der Waals surface area contributed by atoms with Gasteiger partial charge in [0.05, 0.1) is 24.9 Å². The second-order valence-corrected chi connectivity index (χ2v) is 5.42. The monoisotopic (exact) mass is 258 g/mol. The van der Waals surface area contributed by atoms with Crippen LogP contribution in [0.4, 0.5) is 0 Å². The quantitative estimate of drug-likeness (QED) is 0.746. The van der Waals surface area contributed by atoms with E-state index in [-0.39, 0.29) is 18.1 Å². The third kappa shape index (κ3) is 4.55. The van der Waals surface area contributed by atoms with Gasteiger partial charge in [0.25, 0.3) is 0 Å². The zero-order chi connectivity index (χ0) is 13.7. The lowest BCUT2D eigenvalue weighted by Crippen LogP contribution is -2.46. The number of aliphatic hydroxyl groups is 1. The highest BCUT2D eigenvalue weighted by Gasteiger charge is 2.32. The fourth-order valence-corrected chi connectivity index (χ4v) is 2.25. The van der Waals surface area contributed by atoms with Crippen LogP contribution in [0, 0.1) is 0 Å². The molecule has 0 aromatic rings. The fraction of sp³-hybridized carbons (Fsp3) is 0.923. The van der Waals surface area contributed by atoms with Crippen LogP contribution in [0.1, 0.15) is 26.7 Å². The molecule has 1 heterocycles. The molecule has 2 atom stereocenters. The molecule has 1 aliphatic rings. The van der Waals surface area contributed by atoms with E-state index in [0.29, 0.717) is 13.2 Å². The predicted molar refractivity (Wildman–Crippen MR) is 70.4 cm³/mol. The molecular formula is C13H26N2O3. The topological polar surface area (TPSA) is 53.0 Å². The van der Waals surface area contributed by atoms with E-state index in [1.165, 1.54) is 0 Å². The van der Waals surface area contributed by atoms with Crippen molar-refractivity contribution in [1.29, 1.82) is 0 Å². The zero-order valence-electron chi connectivity index (χ0n) is 11.9. The van der Waals surface area contributed by atoms with Gasteiger partial charge in [0.1, 0.15) is 0 Å². The van der Waals surface area contributed by atoms with Crippen molar-refractivity contribution in [1.82, 2.24) is 9.80 Å². The van der Waals surface area contributed by atoms with Crippen LogP contribution in [0.3, 0.4) is 0 Å². The predicted octanol–water partition coefficient (Wildman–Crippen LogP) is 0.325. The van der Waals surface area contributed by atoms with Crippen molar-refractivity contribution in [3.05, 3.63) is 0 Å². The van der Waals surface area contributed by atoms with Crippen LogP contribution in [-0.2, 0) is 9.53 Å². The van der Waals surface area contributed by atoms with Gasteiger partial charge in [-0.3, -0.25) is 9.69 Å². The third-order valence-corrected chi connectivity index (χ3v) is 3.16. The summed E-state index contributed by atoms with van der Waals surface area (Å²) in [6.45, 7) is 5.61. The van der Waals surface area contributed by atoms with Gasteiger partial charge >= 0.3 is 0 Å². The number of likely N-dealkylation sites (N-methyl/N-ethyl adjacent to an activating group) is 1. The molecule has 0 saturated carbocycles. The second kappa shape index (κ2) is 7.07. The van der Waals surface area contributed by atoms with Gasteiger partial charge in [0, 0.05) is 20.6 Å². The maximum absolute atomic E-state index is 12.0. The van der Waals surface area contributed by atoms with E-state index in [1.54, 1.807) is 19.0 Å². The Labute approximate surface area is 110 Å². The van der Waals surface area contributed by atoms with Crippen LogP contribution in [0.5, 0.6) is 0 Å². The van der Waals surface area contributed by atoms with Crippen LogP contribution in [-0.4, -0.2) is 72.9 Å². The lowest BCUT2D eigenvalue weighted by Gasteiger charge is -2.28. The van der Waals surface area contributed by atoms with Crippen LogP contribution < -0.4 is 0 Å². The van der Waals surface area contributed by atoms with Gasteiger partial charge in [-0.15, -0.1) is 0 Å². The number of aliphatic hydroxyl groups excluding tert-OH is 1. The molecule has 0 bridgehead atoms. The minimum absolute atomic E-state index is 0.0753. The molecule has 0 aromatic carbocycles. The Hall–Kier alpha value is -0.650. The molecule has 5 heteroatoms. The Bertz CT molecular complexity index is 269. The number of carbonyl (C=O) groups excluding carboxylic acids is 1. The summed E-state index contributed by atoms with van der Waals surface area (Å²) in [6.07, 6.45) is 1.50. The van der Waals surface area contributed by atoms with Crippen molar-refractivity contribution < 1.29 is 14.6 Å². The number of hydrogen-bond donors (Lipinski definition) is 1. The average Bonchev–Trinajstić information content (AvgIpc) is 2.73. The van der Waals surface area contributed by atoms with Gasteiger partial charge in [-0.25, -0.2) is 0 Å². The SMILES string of the molecule is CC(C)OCC(O)CN1CCCC1C(=O)N(C)C. The first-order chi connectivity index (χ1) is 8.41. The smallest absolute Gasteiger partial charge is 0.239 e. The first kappa shape index (κ1) is 15.4. The summed E-state index contributed by atoms with van der Waals surface area (Å²) >= 11 is 0. The van der Waals surface area contributed by atoms with Gasteiger partial charge in [-0.1, -0.05) is 0 Å². The van der Waals surface area contributed by atoms with Crippen LogP contribution in [0.25, 0.3) is 0 Å². The minimum atomic E-state index is -0.525. The molecule has 18 heavy (non-hydrogen) atoms. The zero-order valence-corrected chi connectivity index (χ0v) is 11.9. The van der Waals surface area contributed by atoms with Gasteiger partial charge < -0.3 is 14.7 Å². The molecule has 106 valence electrons. The molecule has 1 amide bonds. The molecule has 1 saturated heterocycles.